The molecule has 102 valence electrons. The first kappa shape index (κ1) is 13.4. The van der Waals surface area contributed by atoms with Gasteiger partial charge in [-0.1, -0.05) is 13.8 Å². The molecule has 1 aromatic heterocycles. The van der Waals surface area contributed by atoms with Crippen molar-refractivity contribution in [2.45, 2.75) is 38.4 Å². The summed E-state index contributed by atoms with van der Waals surface area (Å²) in [4.78, 5) is 0. The Morgan fingerprint density at radius 3 is 2.94 bits per heavy atom. The van der Waals surface area contributed by atoms with Gasteiger partial charge >= 0.3 is 0 Å². The molecule has 2 heterocycles. The van der Waals surface area contributed by atoms with Gasteiger partial charge in [-0.15, -0.1) is 0 Å². The van der Waals surface area contributed by atoms with Crippen LogP contribution in [0.2, 0.25) is 0 Å². The molecule has 18 heavy (non-hydrogen) atoms. The van der Waals surface area contributed by atoms with E-state index in [0.717, 1.165) is 5.69 Å². The Balaban J connectivity index is 2.32. The van der Waals surface area contributed by atoms with Gasteiger partial charge < -0.3 is 14.6 Å². The van der Waals surface area contributed by atoms with Gasteiger partial charge in [-0.3, -0.25) is 4.68 Å². The van der Waals surface area contributed by atoms with E-state index in [1.807, 2.05) is 7.05 Å². The summed E-state index contributed by atoms with van der Waals surface area (Å²) < 4.78 is 12.7. The summed E-state index contributed by atoms with van der Waals surface area (Å²) in [5.41, 5.74) is -0.164. The average molecular weight is 254 g/mol. The predicted octanol–water partition coefficient (Wildman–Crippen LogP) is 1.45. The third-order valence-electron chi connectivity index (χ3n) is 3.70. The average Bonchev–Trinajstić information content (AvgIpc) is 2.71. The van der Waals surface area contributed by atoms with Crippen molar-refractivity contribution in [3.05, 3.63) is 11.9 Å². The second-order valence-corrected chi connectivity index (χ2v) is 5.32. The molecule has 0 spiro atoms. The summed E-state index contributed by atoms with van der Waals surface area (Å²) in [6.07, 6.45) is 2.88. The number of aromatic nitrogens is 2. The summed E-state index contributed by atoms with van der Waals surface area (Å²) in [6, 6.07) is 0. The Morgan fingerprint density at radius 1 is 1.61 bits per heavy atom. The molecule has 1 N–H and O–H groups in total. The molecule has 5 heteroatoms. The summed E-state index contributed by atoms with van der Waals surface area (Å²) in [5.74, 6) is 1.03. The maximum Gasteiger partial charge on any atom is 0.162 e. The van der Waals surface area contributed by atoms with Crippen LogP contribution in [-0.2, 0) is 17.4 Å². The van der Waals surface area contributed by atoms with Gasteiger partial charge in [0.2, 0.25) is 0 Å². The van der Waals surface area contributed by atoms with Crippen LogP contribution in [-0.4, -0.2) is 34.7 Å². The fraction of sp³-hybridized carbons (Fsp3) is 0.769. The number of methoxy groups -OCH3 is 1. The van der Waals surface area contributed by atoms with Crippen molar-refractivity contribution < 1.29 is 14.6 Å². The third-order valence-corrected chi connectivity index (χ3v) is 3.70. The Morgan fingerprint density at radius 2 is 2.33 bits per heavy atom. The van der Waals surface area contributed by atoms with Crippen molar-refractivity contribution in [3.8, 4) is 5.75 Å². The smallest absolute Gasteiger partial charge is 0.162 e. The first-order chi connectivity index (χ1) is 8.48. The van der Waals surface area contributed by atoms with Crippen molar-refractivity contribution >= 4 is 0 Å². The molecule has 5 nitrogen and oxygen atoms in total. The van der Waals surface area contributed by atoms with Crippen molar-refractivity contribution in [1.82, 2.24) is 9.78 Å². The number of ether oxygens (including phenoxy) is 2. The van der Waals surface area contributed by atoms with Crippen molar-refractivity contribution in [2.75, 3.05) is 13.7 Å². The Bertz CT molecular complexity index is 416. The van der Waals surface area contributed by atoms with Gasteiger partial charge in [0.05, 0.1) is 26.0 Å². The lowest BCUT2D eigenvalue weighted by Crippen LogP contribution is -2.42. The molecule has 0 bridgehead atoms. The minimum Gasteiger partial charge on any atom is -0.493 e. The first-order valence-corrected chi connectivity index (χ1v) is 6.38. The topological polar surface area (TPSA) is 56.5 Å². The molecular weight excluding hydrogens is 232 g/mol. The number of hydrogen-bond acceptors (Lipinski definition) is 4. The van der Waals surface area contributed by atoms with Crippen LogP contribution in [0, 0.1) is 5.92 Å². The lowest BCUT2D eigenvalue weighted by atomic mass is 9.83. The minimum atomic E-state index is -0.913. The molecule has 0 radical (unpaired) electrons. The second kappa shape index (κ2) is 4.90. The van der Waals surface area contributed by atoms with Crippen molar-refractivity contribution in [2.24, 2.45) is 13.0 Å². The highest BCUT2D eigenvalue weighted by Gasteiger charge is 2.41. The molecule has 2 atom stereocenters. The molecule has 0 aromatic carbocycles. The van der Waals surface area contributed by atoms with E-state index < -0.39 is 5.60 Å². The molecule has 1 aromatic rings. The summed E-state index contributed by atoms with van der Waals surface area (Å²) in [6.45, 7) is 4.78. The second-order valence-electron chi connectivity index (χ2n) is 5.32. The quantitative estimate of drug-likeness (QED) is 0.887. The fourth-order valence-corrected chi connectivity index (χ4v) is 2.61. The molecule has 1 aliphatic heterocycles. The van der Waals surface area contributed by atoms with E-state index in [9.17, 15) is 5.11 Å². The standard InChI is InChI=1S/C13H22N2O3/c1-9(2)10-7-13(16,5-6-18-10)12-11(17-4)8-14-15(12)3/h8-10,16H,5-7H2,1-4H3. The third kappa shape index (κ3) is 2.24. The summed E-state index contributed by atoms with van der Waals surface area (Å²) in [5, 5.41) is 15.1. The maximum atomic E-state index is 10.9. The molecule has 1 saturated heterocycles. The molecule has 0 aliphatic carbocycles. The number of hydrogen-bond donors (Lipinski definition) is 1. The van der Waals surface area contributed by atoms with E-state index in [4.69, 9.17) is 9.47 Å². The van der Waals surface area contributed by atoms with Gasteiger partial charge in [0, 0.05) is 19.9 Å². The van der Waals surface area contributed by atoms with E-state index >= 15 is 0 Å². The van der Waals surface area contributed by atoms with E-state index in [-0.39, 0.29) is 6.10 Å². The van der Waals surface area contributed by atoms with Crippen LogP contribution < -0.4 is 4.74 Å². The maximum absolute atomic E-state index is 10.9. The SMILES string of the molecule is COc1cnn(C)c1C1(O)CCOC(C(C)C)C1. The van der Waals surface area contributed by atoms with E-state index in [2.05, 4.69) is 18.9 Å². The Hall–Kier alpha value is -1.07. The monoisotopic (exact) mass is 254 g/mol. The first-order valence-electron chi connectivity index (χ1n) is 6.38. The van der Waals surface area contributed by atoms with Crippen LogP contribution in [0.5, 0.6) is 5.75 Å². The highest BCUT2D eigenvalue weighted by atomic mass is 16.5. The van der Waals surface area contributed by atoms with E-state index in [0.29, 0.717) is 31.1 Å². The molecule has 0 saturated carbocycles. The molecule has 1 aliphatic rings. The fourth-order valence-electron chi connectivity index (χ4n) is 2.61. The van der Waals surface area contributed by atoms with E-state index in [1.54, 1.807) is 18.0 Å². The van der Waals surface area contributed by atoms with Gasteiger partial charge in [0.1, 0.15) is 11.3 Å². The lowest BCUT2D eigenvalue weighted by molar-refractivity contribution is -0.125. The molecule has 0 amide bonds. The molecule has 2 rings (SSSR count). The Kier molecular flexibility index (Phi) is 3.64. The number of aryl methyl sites for hydroxylation is 1. The predicted molar refractivity (Wildman–Crippen MR) is 67.5 cm³/mol. The van der Waals surface area contributed by atoms with Gasteiger partial charge in [0.25, 0.3) is 0 Å². The number of aliphatic hydroxyl groups is 1. The minimum absolute atomic E-state index is 0.0726. The lowest BCUT2D eigenvalue weighted by Gasteiger charge is -2.38. The van der Waals surface area contributed by atoms with Gasteiger partial charge in [-0.05, 0) is 5.92 Å². The van der Waals surface area contributed by atoms with Gasteiger partial charge in [0.15, 0.2) is 5.75 Å². The van der Waals surface area contributed by atoms with Crippen LogP contribution in [0.25, 0.3) is 0 Å². The van der Waals surface area contributed by atoms with Gasteiger partial charge in [-0.25, -0.2) is 0 Å². The van der Waals surface area contributed by atoms with Crippen LogP contribution in [0.15, 0.2) is 6.20 Å². The highest BCUT2D eigenvalue weighted by molar-refractivity contribution is 5.31. The number of nitrogens with zero attached hydrogens (tertiary/aromatic N) is 2. The van der Waals surface area contributed by atoms with Gasteiger partial charge in [-0.2, -0.15) is 5.10 Å². The highest BCUT2D eigenvalue weighted by Crippen LogP contribution is 2.40. The van der Waals surface area contributed by atoms with Crippen LogP contribution >= 0.6 is 0 Å². The number of rotatable bonds is 3. The van der Waals surface area contributed by atoms with Crippen molar-refractivity contribution in [1.29, 1.82) is 0 Å². The largest absolute Gasteiger partial charge is 0.493 e. The van der Waals surface area contributed by atoms with E-state index in [1.165, 1.54) is 0 Å². The summed E-state index contributed by atoms with van der Waals surface area (Å²) in [7, 11) is 3.43. The molecule has 1 fully saturated rings. The molecule has 2 unspecified atom stereocenters. The van der Waals surface area contributed by atoms with Crippen LogP contribution in [0.3, 0.4) is 0 Å². The zero-order valence-electron chi connectivity index (χ0n) is 11.5. The van der Waals surface area contributed by atoms with Crippen LogP contribution in [0.4, 0.5) is 0 Å². The summed E-state index contributed by atoms with van der Waals surface area (Å²) >= 11 is 0. The zero-order valence-corrected chi connectivity index (χ0v) is 11.5. The zero-order chi connectivity index (χ0) is 13.3. The molecular formula is C13H22N2O3. The van der Waals surface area contributed by atoms with Crippen molar-refractivity contribution in [3.63, 3.8) is 0 Å². The Labute approximate surface area is 108 Å². The van der Waals surface area contributed by atoms with Crippen LogP contribution in [0.1, 0.15) is 32.4 Å². The normalized spacial score (nSPS) is 28.7.